The van der Waals surface area contributed by atoms with Gasteiger partial charge in [0.15, 0.2) is 17.1 Å². The van der Waals surface area contributed by atoms with Crippen molar-refractivity contribution in [2.24, 2.45) is 11.7 Å². The van der Waals surface area contributed by atoms with Gasteiger partial charge in [-0.25, -0.2) is 9.97 Å². The maximum atomic E-state index is 12.5. The second-order valence-electron chi connectivity index (χ2n) is 14.8. The normalized spacial score (nSPS) is 23.1. The monoisotopic (exact) mass is 690 g/mol. The molecule has 2 aromatic heterocycles. The Balaban J connectivity index is 0.856. The van der Waals surface area contributed by atoms with Crippen LogP contribution in [0, 0.1) is 5.92 Å². The average Bonchev–Trinajstić information content (AvgIpc) is 3.47. The Morgan fingerprint density at radius 1 is 0.922 bits per heavy atom. The first-order valence-corrected chi connectivity index (χ1v) is 18.6. The van der Waals surface area contributed by atoms with E-state index < -0.39 is 11.8 Å². The Labute approximate surface area is 297 Å². The third kappa shape index (κ3) is 7.06. The molecule has 4 aromatic rings. The van der Waals surface area contributed by atoms with Gasteiger partial charge in [0.1, 0.15) is 11.5 Å². The predicted molar refractivity (Wildman–Crippen MR) is 194 cm³/mol. The molecule has 5 heterocycles. The predicted octanol–water partition coefficient (Wildman–Crippen LogP) is 5.35. The summed E-state index contributed by atoms with van der Waals surface area (Å²) in [5.41, 5.74) is 11.9. The van der Waals surface area contributed by atoms with E-state index in [-0.39, 0.29) is 17.5 Å². The number of carbonyl (C=O) groups is 3. The SMILES string of the molecule is NC(=O)c1ncc(N2CCCCC2)nc1Nc1ccc([C@H]2CC[C@H](CN3CCc4ccc5c(C6CCC(=O)NC6=O)noc5c4CC3)CC2)cc1. The van der Waals surface area contributed by atoms with Gasteiger partial charge in [0.25, 0.3) is 5.91 Å². The molecular formula is C39H46N8O4. The third-order valence-electron chi connectivity index (χ3n) is 11.5. The lowest BCUT2D eigenvalue weighted by Crippen LogP contribution is -2.39. The fraction of sp³-hybridized carbons (Fsp3) is 0.487. The summed E-state index contributed by atoms with van der Waals surface area (Å²) in [5.74, 6) is 0.818. The summed E-state index contributed by atoms with van der Waals surface area (Å²) in [6.45, 7) is 4.97. The summed E-state index contributed by atoms with van der Waals surface area (Å²) in [6.07, 6.45) is 12.5. The number of nitrogens with two attached hydrogens (primary N) is 1. The van der Waals surface area contributed by atoms with Crippen LogP contribution >= 0.6 is 0 Å². The number of piperidine rings is 2. The van der Waals surface area contributed by atoms with Gasteiger partial charge in [-0.2, -0.15) is 0 Å². The molecule has 2 saturated heterocycles. The Morgan fingerprint density at radius 3 is 2.47 bits per heavy atom. The van der Waals surface area contributed by atoms with Gasteiger partial charge in [-0.05, 0) is 105 Å². The topological polar surface area (TPSA) is 160 Å². The quantitative estimate of drug-likeness (QED) is 0.206. The molecule has 4 N–H and O–H groups in total. The smallest absolute Gasteiger partial charge is 0.271 e. The van der Waals surface area contributed by atoms with E-state index in [1.807, 2.05) is 6.07 Å². The highest BCUT2D eigenvalue weighted by Crippen LogP contribution is 2.38. The van der Waals surface area contributed by atoms with Crippen LogP contribution < -0.4 is 21.3 Å². The summed E-state index contributed by atoms with van der Waals surface area (Å²) < 4.78 is 5.89. The average molecular weight is 691 g/mol. The molecule has 51 heavy (non-hydrogen) atoms. The number of carbonyl (C=O) groups excluding carboxylic acids is 3. The van der Waals surface area contributed by atoms with E-state index in [1.165, 1.54) is 48.8 Å². The molecule has 1 unspecified atom stereocenters. The van der Waals surface area contributed by atoms with Crippen molar-refractivity contribution in [1.29, 1.82) is 0 Å². The minimum Gasteiger partial charge on any atom is -0.364 e. The lowest BCUT2D eigenvalue weighted by Gasteiger charge is -2.32. The zero-order valence-corrected chi connectivity index (χ0v) is 29.0. The van der Waals surface area contributed by atoms with Gasteiger partial charge in [0, 0.05) is 55.8 Å². The molecule has 0 bridgehead atoms. The van der Waals surface area contributed by atoms with Gasteiger partial charge in [0.05, 0.1) is 12.1 Å². The van der Waals surface area contributed by atoms with E-state index in [9.17, 15) is 14.4 Å². The number of anilines is 3. The fourth-order valence-corrected chi connectivity index (χ4v) is 8.62. The van der Waals surface area contributed by atoms with Crippen molar-refractivity contribution >= 4 is 46.0 Å². The number of primary amides is 1. The van der Waals surface area contributed by atoms with E-state index >= 15 is 0 Å². The first-order valence-electron chi connectivity index (χ1n) is 18.6. The number of nitrogens with one attached hydrogen (secondary N) is 2. The van der Waals surface area contributed by atoms with Crippen molar-refractivity contribution in [1.82, 2.24) is 25.3 Å². The molecule has 4 aliphatic rings. The molecule has 1 saturated carbocycles. The minimum absolute atomic E-state index is 0.150. The molecule has 0 radical (unpaired) electrons. The summed E-state index contributed by atoms with van der Waals surface area (Å²) >= 11 is 0. The van der Waals surface area contributed by atoms with Gasteiger partial charge in [-0.15, -0.1) is 0 Å². The highest BCUT2D eigenvalue weighted by atomic mass is 16.5. The molecule has 0 spiro atoms. The number of benzene rings is 2. The van der Waals surface area contributed by atoms with Crippen molar-refractivity contribution in [3.63, 3.8) is 0 Å². The largest absolute Gasteiger partial charge is 0.364 e. The van der Waals surface area contributed by atoms with Crippen molar-refractivity contribution < 1.29 is 18.9 Å². The van der Waals surface area contributed by atoms with Crippen molar-refractivity contribution in [2.75, 3.05) is 42.9 Å². The number of aromatic nitrogens is 3. The van der Waals surface area contributed by atoms with Crippen molar-refractivity contribution in [3.05, 3.63) is 70.7 Å². The number of nitrogens with zero attached hydrogens (tertiary/aromatic N) is 5. The number of rotatable bonds is 8. The van der Waals surface area contributed by atoms with E-state index in [2.05, 4.69) is 60.9 Å². The van der Waals surface area contributed by atoms with Crippen LogP contribution in [-0.4, -0.2) is 70.5 Å². The Bertz CT molecular complexity index is 1930. The van der Waals surface area contributed by atoms with Crippen molar-refractivity contribution in [2.45, 2.75) is 82.5 Å². The molecule has 12 nitrogen and oxygen atoms in total. The van der Waals surface area contributed by atoms with Crippen LogP contribution in [0.15, 0.2) is 47.1 Å². The van der Waals surface area contributed by atoms with Gasteiger partial charge in [-0.3, -0.25) is 19.7 Å². The number of fused-ring (bicyclic) bond motifs is 3. The maximum absolute atomic E-state index is 12.5. The van der Waals surface area contributed by atoms with Gasteiger partial charge in [0.2, 0.25) is 11.8 Å². The van der Waals surface area contributed by atoms with Crippen LogP contribution in [0.4, 0.5) is 17.3 Å². The van der Waals surface area contributed by atoms with E-state index in [4.69, 9.17) is 15.2 Å². The zero-order valence-electron chi connectivity index (χ0n) is 29.0. The van der Waals surface area contributed by atoms with Crippen LogP contribution in [0.5, 0.6) is 0 Å². The van der Waals surface area contributed by atoms with Crippen molar-refractivity contribution in [3.8, 4) is 0 Å². The number of imide groups is 1. The van der Waals surface area contributed by atoms with Crippen LogP contribution in [0.25, 0.3) is 11.0 Å². The Hall–Kier alpha value is -4.84. The molecule has 1 atom stereocenters. The van der Waals surface area contributed by atoms with E-state index in [0.717, 1.165) is 80.9 Å². The summed E-state index contributed by atoms with van der Waals surface area (Å²) in [7, 11) is 0. The molecule has 12 heteroatoms. The van der Waals surface area contributed by atoms with E-state index in [0.29, 0.717) is 36.2 Å². The van der Waals surface area contributed by atoms with Crippen LogP contribution in [0.3, 0.4) is 0 Å². The number of hydrogen-bond donors (Lipinski definition) is 3. The zero-order chi connectivity index (χ0) is 34.9. The lowest BCUT2D eigenvalue weighted by molar-refractivity contribution is -0.134. The number of hydrogen-bond acceptors (Lipinski definition) is 10. The number of amides is 3. The molecule has 1 aliphatic carbocycles. The van der Waals surface area contributed by atoms with Crippen LogP contribution in [0.1, 0.15) is 102 Å². The highest BCUT2D eigenvalue weighted by molar-refractivity contribution is 6.02. The first kappa shape index (κ1) is 33.3. The summed E-state index contributed by atoms with van der Waals surface area (Å²) in [5, 5.41) is 11.0. The molecule has 3 amide bonds. The molecule has 266 valence electrons. The molecule has 3 fully saturated rings. The molecule has 3 aliphatic heterocycles. The minimum atomic E-state index is -0.596. The highest BCUT2D eigenvalue weighted by Gasteiger charge is 2.33. The second-order valence-corrected chi connectivity index (χ2v) is 14.8. The van der Waals surface area contributed by atoms with Crippen LogP contribution in [0.2, 0.25) is 0 Å². The first-order chi connectivity index (χ1) is 24.9. The third-order valence-corrected chi connectivity index (χ3v) is 11.5. The molecule has 8 rings (SSSR count). The second kappa shape index (κ2) is 14.4. The van der Waals surface area contributed by atoms with Gasteiger partial charge in [-0.1, -0.05) is 23.4 Å². The fourth-order valence-electron chi connectivity index (χ4n) is 8.62. The van der Waals surface area contributed by atoms with Gasteiger partial charge >= 0.3 is 0 Å². The summed E-state index contributed by atoms with van der Waals surface area (Å²) in [6, 6.07) is 12.7. The van der Waals surface area contributed by atoms with E-state index in [1.54, 1.807) is 6.20 Å². The Kier molecular flexibility index (Phi) is 9.42. The maximum Gasteiger partial charge on any atom is 0.271 e. The molecule has 2 aromatic carbocycles. The van der Waals surface area contributed by atoms with Crippen LogP contribution in [-0.2, 0) is 22.4 Å². The Morgan fingerprint density at radius 2 is 1.71 bits per heavy atom. The summed E-state index contributed by atoms with van der Waals surface area (Å²) in [4.78, 5) is 50.3. The lowest BCUT2D eigenvalue weighted by atomic mass is 9.78. The molecular weight excluding hydrogens is 644 g/mol. The van der Waals surface area contributed by atoms with Gasteiger partial charge < -0.3 is 25.4 Å². The standard InChI is InChI=1S/C39H46N8O4/c40-37(49)35-38(43-32(22-41-35)47-18-2-1-3-19-47)42-28-11-8-26(9-12-28)25-6-4-24(5-7-25)23-46-20-16-27-10-13-30-34(31-14-15-33(48)44-39(31)50)45-51-36(30)29(27)17-21-46/h8-13,22,24-25,31H,1-7,14-21,23H2,(H2,40,49)(H,42,43)(H,44,48,50)/t24-,25-,31?.